The second-order valence-corrected chi connectivity index (χ2v) is 5.04. The molecular formula is C15H14BrN3O2. The number of ether oxygens (including phenoxy) is 2. The number of anilines is 1. The van der Waals surface area contributed by atoms with Crippen molar-refractivity contribution in [3.63, 3.8) is 0 Å². The van der Waals surface area contributed by atoms with Crippen molar-refractivity contribution in [2.24, 2.45) is 0 Å². The molecule has 0 aliphatic heterocycles. The van der Waals surface area contributed by atoms with Crippen molar-refractivity contribution in [1.82, 2.24) is 4.98 Å². The molecule has 5 nitrogen and oxygen atoms in total. The summed E-state index contributed by atoms with van der Waals surface area (Å²) < 4.78 is 11.4. The average molecular weight is 348 g/mol. The SMILES string of the molecule is COc1cc(Br)c(CNc2cnccc2C#N)cc1OC. The van der Waals surface area contributed by atoms with E-state index in [1.165, 1.54) is 0 Å². The van der Waals surface area contributed by atoms with Gasteiger partial charge in [-0.15, -0.1) is 0 Å². The minimum absolute atomic E-state index is 0.529. The number of methoxy groups -OCH3 is 2. The molecule has 0 aliphatic rings. The van der Waals surface area contributed by atoms with Crippen LogP contribution in [0.15, 0.2) is 35.1 Å². The Balaban J connectivity index is 2.22. The fraction of sp³-hybridized carbons (Fsp3) is 0.200. The molecule has 0 aliphatic carbocycles. The molecule has 0 saturated heterocycles. The van der Waals surface area contributed by atoms with Crippen LogP contribution in [0.25, 0.3) is 0 Å². The van der Waals surface area contributed by atoms with Gasteiger partial charge in [-0.25, -0.2) is 0 Å². The summed E-state index contributed by atoms with van der Waals surface area (Å²) in [6.45, 7) is 0.529. The molecule has 108 valence electrons. The first-order valence-corrected chi connectivity index (χ1v) is 6.97. The van der Waals surface area contributed by atoms with Gasteiger partial charge in [-0.05, 0) is 23.8 Å². The number of pyridine rings is 1. The van der Waals surface area contributed by atoms with Crippen molar-refractivity contribution in [3.8, 4) is 17.6 Å². The molecule has 0 unspecified atom stereocenters. The lowest BCUT2D eigenvalue weighted by Crippen LogP contribution is -2.03. The van der Waals surface area contributed by atoms with Gasteiger partial charge in [-0.3, -0.25) is 4.98 Å². The standard InChI is InChI=1S/C15H14BrN3O2/c1-20-14-5-11(12(16)6-15(14)21-2)8-19-13-9-18-4-3-10(13)7-17/h3-6,9,19H,8H2,1-2H3. The second-order valence-electron chi connectivity index (χ2n) is 4.19. The van der Waals surface area contributed by atoms with Crippen LogP contribution in [-0.4, -0.2) is 19.2 Å². The number of hydrogen-bond donors (Lipinski definition) is 1. The van der Waals surface area contributed by atoms with E-state index in [1.54, 1.807) is 32.7 Å². The van der Waals surface area contributed by atoms with Crippen LogP contribution in [0.1, 0.15) is 11.1 Å². The van der Waals surface area contributed by atoms with Crippen molar-refractivity contribution in [2.75, 3.05) is 19.5 Å². The molecule has 0 atom stereocenters. The third-order valence-electron chi connectivity index (χ3n) is 2.96. The lowest BCUT2D eigenvalue weighted by atomic mass is 10.2. The fourth-order valence-electron chi connectivity index (χ4n) is 1.86. The molecule has 1 aromatic heterocycles. The van der Waals surface area contributed by atoms with Gasteiger partial charge >= 0.3 is 0 Å². The summed E-state index contributed by atoms with van der Waals surface area (Å²) in [5.74, 6) is 1.32. The minimum atomic E-state index is 0.529. The maximum atomic E-state index is 9.06. The van der Waals surface area contributed by atoms with Crippen LogP contribution < -0.4 is 14.8 Å². The van der Waals surface area contributed by atoms with E-state index in [4.69, 9.17) is 14.7 Å². The molecular weight excluding hydrogens is 334 g/mol. The molecule has 0 bridgehead atoms. The van der Waals surface area contributed by atoms with Gasteiger partial charge < -0.3 is 14.8 Å². The van der Waals surface area contributed by atoms with Gasteiger partial charge in [0.05, 0.1) is 31.7 Å². The minimum Gasteiger partial charge on any atom is -0.493 e. The van der Waals surface area contributed by atoms with Gasteiger partial charge in [-0.1, -0.05) is 15.9 Å². The van der Waals surface area contributed by atoms with Crippen LogP contribution in [0.4, 0.5) is 5.69 Å². The smallest absolute Gasteiger partial charge is 0.161 e. The number of nitrogens with one attached hydrogen (secondary N) is 1. The van der Waals surface area contributed by atoms with Gasteiger partial charge in [0.15, 0.2) is 11.5 Å². The van der Waals surface area contributed by atoms with Crippen LogP contribution in [-0.2, 0) is 6.54 Å². The van der Waals surface area contributed by atoms with E-state index in [-0.39, 0.29) is 0 Å². The second kappa shape index (κ2) is 6.95. The van der Waals surface area contributed by atoms with E-state index < -0.39 is 0 Å². The van der Waals surface area contributed by atoms with E-state index in [0.717, 1.165) is 10.0 Å². The van der Waals surface area contributed by atoms with E-state index >= 15 is 0 Å². The highest BCUT2D eigenvalue weighted by atomic mass is 79.9. The lowest BCUT2D eigenvalue weighted by molar-refractivity contribution is 0.354. The highest BCUT2D eigenvalue weighted by molar-refractivity contribution is 9.10. The van der Waals surface area contributed by atoms with E-state index in [2.05, 4.69) is 32.3 Å². The van der Waals surface area contributed by atoms with Crippen LogP contribution >= 0.6 is 15.9 Å². The first-order chi connectivity index (χ1) is 10.2. The largest absolute Gasteiger partial charge is 0.493 e. The molecule has 0 radical (unpaired) electrons. The summed E-state index contributed by atoms with van der Waals surface area (Å²) >= 11 is 3.50. The monoisotopic (exact) mass is 347 g/mol. The zero-order chi connectivity index (χ0) is 15.2. The Hall–Kier alpha value is -2.26. The number of halogens is 1. The highest BCUT2D eigenvalue weighted by Gasteiger charge is 2.10. The van der Waals surface area contributed by atoms with Gasteiger partial charge in [-0.2, -0.15) is 5.26 Å². The normalized spacial score (nSPS) is 9.81. The fourth-order valence-corrected chi connectivity index (χ4v) is 2.32. The number of benzene rings is 1. The average Bonchev–Trinajstić information content (AvgIpc) is 2.53. The van der Waals surface area contributed by atoms with Gasteiger partial charge in [0, 0.05) is 17.2 Å². The first-order valence-electron chi connectivity index (χ1n) is 6.18. The van der Waals surface area contributed by atoms with Crippen LogP contribution in [0.5, 0.6) is 11.5 Å². The summed E-state index contributed by atoms with van der Waals surface area (Å²) in [7, 11) is 3.19. The Morgan fingerprint density at radius 2 is 2.00 bits per heavy atom. The predicted octanol–water partition coefficient (Wildman–Crippen LogP) is 3.35. The molecule has 0 spiro atoms. The van der Waals surface area contributed by atoms with Crippen molar-refractivity contribution in [1.29, 1.82) is 5.26 Å². The van der Waals surface area contributed by atoms with Gasteiger partial charge in [0.2, 0.25) is 0 Å². The Morgan fingerprint density at radius 1 is 1.29 bits per heavy atom. The summed E-state index contributed by atoms with van der Waals surface area (Å²) in [4.78, 5) is 4.02. The van der Waals surface area contributed by atoms with Crippen molar-refractivity contribution >= 4 is 21.6 Å². The van der Waals surface area contributed by atoms with E-state index in [9.17, 15) is 0 Å². The molecule has 21 heavy (non-hydrogen) atoms. The first kappa shape index (κ1) is 15.1. The topological polar surface area (TPSA) is 67.2 Å². The van der Waals surface area contributed by atoms with Crippen molar-refractivity contribution < 1.29 is 9.47 Å². The Morgan fingerprint density at radius 3 is 2.67 bits per heavy atom. The lowest BCUT2D eigenvalue weighted by Gasteiger charge is -2.13. The number of rotatable bonds is 5. The maximum Gasteiger partial charge on any atom is 0.161 e. The van der Waals surface area contributed by atoms with Crippen molar-refractivity contribution in [3.05, 3.63) is 46.2 Å². The molecule has 1 heterocycles. The zero-order valence-electron chi connectivity index (χ0n) is 11.7. The zero-order valence-corrected chi connectivity index (χ0v) is 13.3. The molecule has 0 saturated carbocycles. The van der Waals surface area contributed by atoms with Crippen molar-refractivity contribution in [2.45, 2.75) is 6.54 Å². The molecule has 0 amide bonds. The summed E-state index contributed by atoms with van der Waals surface area (Å²) in [5.41, 5.74) is 2.24. The molecule has 1 aromatic carbocycles. The number of nitriles is 1. The summed E-state index contributed by atoms with van der Waals surface area (Å²) in [5, 5.41) is 12.3. The molecule has 2 aromatic rings. The predicted molar refractivity (Wildman–Crippen MR) is 83.5 cm³/mol. The van der Waals surface area contributed by atoms with Crippen LogP contribution in [0, 0.1) is 11.3 Å². The number of nitrogens with zero attached hydrogens (tertiary/aromatic N) is 2. The summed E-state index contributed by atoms with van der Waals surface area (Å²) in [6, 6.07) is 7.54. The van der Waals surface area contributed by atoms with Gasteiger partial charge in [0.25, 0.3) is 0 Å². The Labute approximate surface area is 131 Å². The molecule has 0 fully saturated rings. The molecule has 6 heteroatoms. The Bertz CT molecular complexity index is 683. The molecule has 1 N–H and O–H groups in total. The quantitative estimate of drug-likeness (QED) is 0.898. The maximum absolute atomic E-state index is 9.06. The Kier molecular flexibility index (Phi) is 5.01. The van der Waals surface area contributed by atoms with Crippen LogP contribution in [0.3, 0.4) is 0 Å². The third kappa shape index (κ3) is 3.44. The van der Waals surface area contributed by atoms with Crippen LogP contribution in [0.2, 0.25) is 0 Å². The van der Waals surface area contributed by atoms with E-state index in [0.29, 0.717) is 29.3 Å². The third-order valence-corrected chi connectivity index (χ3v) is 3.70. The highest BCUT2D eigenvalue weighted by Crippen LogP contribution is 2.33. The number of aromatic nitrogens is 1. The summed E-state index contributed by atoms with van der Waals surface area (Å²) in [6.07, 6.45) is 3.23. The van der Waals surface area contributed by atoms with E-state index in [1.807, 2.05) is 12.1 Å². The van der Waals surface area contributed by atoms with Gasteiger partial charge in [0.1, 0.15) is 6.07 Å². The number of hydrogen-bond acceptors (Lipinski definition) is 5. The molecule has 2 rings (SSSR count).